The second kappa shape index (κ2) is 4.82. The van der Waals surface area contributed by atoms with Crippen LogP contribution >= 0.6 is 11.3 Å². The van der Waals surface area contributed by atoms with Crippen molar-refractivity contribution in [3.8, 4) is 16.3 Å². The van der Waals surface area contributed by atoms with E-state index in [1.807, 2.05) is 48.7 Å². The van der Waals surface area contributed by atoms with Gasteiger partial charge in [-0.25, -0.2) is 4.68 Å². The van der Waals surface area contributed by atoms with E-state index in [-0.39, 0.29) is 0 Å². The van der Waals surface area contributed by atoms with Crippen molar-refractivity contribution in [1.82, 2.24) is 9.78 Å². The zero-order valence-electron chi connectivity index (χ0n) is 10.4. The number of nitrogens with zero attached hydrogens (tertiary/aromatic N) is 2. The first kappa shape index (κ1) is 11.9. The Morgan fingerprint density at radius 1 is 1.21 bits per heavy atom. The fourth-order valence-corrected chi connectivity index (χ4v) is 2.91. The fourth-order valence-electron chi connectivity index (χ4n) is 1.98. The molecule has 0 N–H and O–H groups in total. The van der Waals surface area contributed by atoms with E-state index in [4.69, 9.17) is 0 Å². The molecule has 0 aliphatic heterocycles. The monoisotopic (exact) mass is 268 g/mol. The van der Waals surface area contributed by atoms with Crippen LogP contribution in [0, 0.1) is 6.92 Å². The topological polar surface area (TPSA) is 34.9 Å². The molecule has 2 heterocycles. The number of aromatic nitrogens is 2. The maximum absolute atomic E-state index is 11.2. The molecule has 19 heavy (non-hydrogen) atoms. The van der Waals surface area contributed by atoms with Gasteiger partial charge in [-0.2, -0.15) is 5.10 Å². The number of aryl methyl sites for hydroxylation is 1. The molecule has 0 atom stereocenters. The lowest BCUT2D eigenvalue weighted by atomic mass is 10.2. The minimum atomic E-state index is 0.620. The van der Waals surface area contributed by atoms with Gasteiger partial charge in [-0.3, -0.25) is 4.79 Å². The molecule has 0 spiro atoms. The zero-order valence-corrected chi connectivity index (χ0v) is 11.2. The molecule has 1 aromatic carbocycles. The lowest BCUT2D eigenvalue weighted by molar-refractivity contribution is 0.112. The minimum Gasteiger partial charge on any atom is -0.298 e. The molecule has 0 aliphatic rings. The first-order valence-corrected chi connectivity index (χ1v) is 6.82. The highest BCUT2D eigenvalue weighted by Gasteiger charge is 2.14. The predicted octanol–water partition coefficient (Wildman–Crippen LogP) is 3.72. The normalized spacial score (nSPS) is 10.6. The molecular weight excluding hydrogens is 256 g/mol. The number of aldehydes is 1. The third-order valence-electron chi connectivity index (χ3n) is 2.97. The average molecular weight is 268 g/mol. The molecule has 3 rings (SSSR count). The Kier molecular flexibility index (Phi) is 3.01. The number of benzene rings is 1. The highest BCUT2D eigenvalue weighted by Crippen LogP contribution is 2.30. The van der Waals surface area contributed by atoms with E-state index in [1.165, 1.54) is 0 Å². The average Bonchev–Trinajstić information content (AvgIpc) is 3.05. The molecule has 0 amide bonds. The van der Waals surface area contributed by atoms with Gasteiger partial charge in [-0.15, -0.1) is 11.3 Å². The van der Waals surface area contributed by atoms with E-state index in [2.05, 4.69) is 5.10 Å². The lowest BCUT2D eigenvalue weighted by Crippen LogP contribution is -1.93. The number of carbonyl (C=O) groups excluding carboxylic acids is 1. The van der Waals surface area contributed by atoms with Crippen LogP contribution in [0.25, 0.3) is 16.3 Å². The fraction of sp³-hybridized carbons (Fsp3) is 0.0667. The minimum absolute atomic E-state index is 0.620. The summed E-state index contributed by atoms with van der Waals surface area (Å²) in [6, 6.07) is 11.8. The van der Waals surface area contributed by atoms with Crippen LogP contribution in [0.2, 0.25) is 0 Å². The number of hydrogen-bond acceptors (Lipinski definition) is 3. The summed E-state index contributed by atoms with van der Waals surface area (Å²) >= 11 is 1.61. The van der Waals surface area contributed by atoms with Crippen LogP contribution in [0.5, 0.6) is 0 Å². The lowest BCUT2D eigenvalue weighted by Gasteiger charge is -1.99. The van der Waals surface area contributed by atoms with Crippen LogP contribution in [0.4, 0.5) is 0 Å². The number of para-hydroxylation sites is 1. The second-order valence-electron chi connectivity index (χ2n) is 4.26. The summed E-state index contributed by atoms with van der Waals surface area (Å²) in [5.41, 5.74) is 3.47. The summed E-state index contributed by atoms with van der Waals surface area (Å²) in [6.45, 7) is 2.03. The molecule has 0 saturated carbocycles. The van der Waals surface area contributed by atoms with Crippen molar-refractivity contribution in [3.63, 3.8) is 0 Å². The Balaban J connectivity index is 2.15. The van der Waals surface area contributed by atoms with Crippen LogP contribution in [0.15, 0.2) is 48.0 Å². The number of hydrogen-bond donors (Lipinski definition) is 0. The smallest absolute Gasteiger partial charge is 0.153 e. The van der Waals surface area contributed by atoms with E-state index < -0.39 is 0 Å². The molecule has 3 aromatic rings. The van der Waals surface area contributed by atoms with Crippen molar-refractivity contribution in [2.75, 3.05) is 0 Å². The van der Waals surface area contributed by atoms with E-state index in [1.54, 1.807) is 22.2 Å². The van der Waals surface area contributed by atoms with Crippen LogP contribution in [0.1, 0.15) is 15.9 Å². The van der Waals surface area contributed by atoms with Crippen molar-refractivity contribution in [2.45, 2.75) is 6.92 Å². The van der Waals surface area contributed by atoms with Gasteiger partial charge in [-0.05, 0) is 36.1 Å². The summed E-state index contributed by atoms with van der Waals surface area (Å²) in [6.07, 6.45) is 2.64. The highest BCUT2D eigenvalue weighted by atomic mass is 32.1. The summed E-state index contributed by atoms with van der Waals surface area (Å²) < 4.78 is 1.75. The predicted molar refractivity (Wildman–Crippen MR) is 77.0 cm³/mol. The quantitative estimate of drug-likeness (QED) is 0.678. The van der Waals surface area contributed by atoms with Gasteiger partial charge in [0, 0.05) is 6.20 Å². The summed E-state index contributed by atoms with van der Waals surface area (Å²) in [5.74, 6) is 0. The third-order valence-corrected chi connectivity index (χ3v) is 3.99. The molecular formula is C15H12N2OS. The zero-order chi connectivity index (χ0) is 13.2. The number of rotatable bonds is 3. The Labute approximate surface area is 115 Å². The SMILES string of the molecule is Cc1ccsc1-c1nn(-c2ccccc2)cc1C=O. The summed E-state index contributed by atoms with van der Waals surface area (Å²) in [5, 5.41) is 6.57. The van der Waals surface area contributed by atoms with E-state index in [0.717, 1.165) is 28.1 Å². The third kappa shape index (κ3) is 2.11. The maximum Gasteiger partial charge on any atom is 0.153 e. The van der Waals surface area contributed by atoms with Gasteiger partial charge in [0.25, 0.3) is 0 Å². The first-order valence-electron chi connectivity index (χ1n) is 5.94. The van der Waals surface area contributed by atoms with Gasteiger partial charge in [-0.1, -0.05) is 18.2 Å². The van der Waals surface area contributed by atoms with Crippen LogP contribution in [-0.2, 0) is 0 Å². The molecule has 0 radical (unpaired) electrons. The highest BCUT2D eigenvalue weighted by molar-refractivity contribution is 7.13. The van der Waals surface area contributed by atoms with Crippen molar-refractivity contribution in [2.24, 2.45) is 0 Å². The van der Waals surface area contributed by atoms with Gasteiger partial charge in [0.05, 0.1) is 16.1 Å². The first-order chi connectivity index (χ1) is 9.29. The Hall–Kier alpha value is -2.20. The molecule has 94 valence electrons. The molecule has 0 fully saturated rings. The number of thiophene rings is 1. The Morgan fingerprint density at radius 2 is 2.00 bits per heavy atom. The van der Waals surface area contributed by atoms with Crippen LogP contribution in [0.3, 0.4) is 0 Å². The van der Waals surface area contributed by atoms with Gasteiger partial charge in [0.2, 0.25) is 0 Å². The van der Waals surface area contributed by atoms with Gasteiger partial charge < -0.3 is 0 Å². The maximum atomic E-state index is 11.2. The van der Waals surface area contributed by atoms with Crippen molar-refractivity contribution < 1.29 is 4.79 Å². The largest absolute Gasteiger partial charge is 0.298 e. The molecule has 0 unspecified atom stereocenters. The standard InChI is InChI=1S/C15H12N2OS/c1-11-7-8-19-15(11)14-12(10-18)9-17(16-14)13-5-3-2-4-6-13/h2-10H,1H3. The molecule has 3 nitrogen and oxygen atoms in total. The van der Waals surface area contributed by atoms with Crippen molar-refractivity contribution >= 4 is 17.6 Å². The van der Waals surface area contributed by atoms with Gasteiger partial charge >= 0.3 is 0 Å². The van der Waals surface area contributed by atoms with Crippen LogP contribution < -0.4 is 0 Å². The Morgan fingerprint density at radius 3 is 2.63 bits per heavy atom. The molecule has 0 bridgehead atoms. The van der Waals surface area contributed by atoms with E-state index in [0.29, 0.717) is 5.56 Å². The van der Waals surface area contributed by atoms with Gasteiger partial charge in [0.1, 0.15) is 5.69 Å². The molecule has 2 aromatic heterocycles. The van der Waals surface area contributed by atoms with Gasteiger partial charge in [0.15, 0.2) is 6.29 Å². The van der Waals surface area contributed by atoms with Crippen LogP contribution in [-0.4, -0.2) is 16.1 Å². The van der Waals surface area contributed by atoms with Crippen molar-refractivity contribution in [1.29, 1.82) is 0 Å². The van der Waals surface area contributed by atoms with E-state index in [9.17, 15) is 4.79 Å². The summed E-state index contributed by atoms with van der Waals surface area (Å²) in [7, 11) is 0. The van der Waals surface area contributed by atoms with Crippen molar-refractivity contribution in [3.05, 3.63) is 59.1 Å². The second-order valence-corrected chi connectivity index (χ2v) is 5.18. The molecule has 0 saturated heterocycles. The van der Waals surface area contributed by atoms with E-state index >= 15 is 0 Å². The summed E-state index contributed by atoms with van der Waals surface area (Å²) in [4.78, 5) is 12.3. The molecule has 0 aliphatic carbocycles. The number of carbonyl (C=O) groups is 1. The molecule has 4 heteroatoms. The Bertz CT molecular complexity index is 713.